The van der Waals surface area contributed by atoms with E-state index >= 15 is 0 Å². The first-order valence-corrected chi connectivity index (χ1v) is 6.22. The van der Waals surface area contributed by atoms with Crippen molar-refractivity contribution >= 4 is 0 Å². The van der Waals surface area contributed by atoms with Crippen LogP contribution in [-0.4, -0.2) is 40.4 Å². The number of hydrogen-bond donors (Lipinski definition) is 1. The van der Waals surface area contributed by atoms with Gasteiger partial charge in [-0.2, -0.15) is 5.10 Å². The Morgan fingerprint density at radius 1 is 1.56 bits per heavy atom. The van der Waals surface area contributed by atoms with E-state index in [1.165, 1.54) is 31.6 Å². The molecule has 16 heavy (non-hydrogen) atoms. The highest BCUT2D eigenvalue weighted by Gasteiger charge is 2.22. The number of aryl methyl sites for hydroxylation is 1. The van der Waals surface area contributed by atoms with Gasteiger partial charge in [0, 0.05) is 38.9 Å². The summed E-state index contributed by atoms with van der Waals surface area (Å²) in [5.41, 5.74) is 1.30. The molecule has 1 atom stereocenters. The van der Waals surface area contributed by atoms with E-state index in [9.17, 15) is 0 Å². The lowest BCUT2D eigenvalue weighted by molar-refractivity contribution is 0.311. The van der Waals surface area contributed by atoms with Crippen molar-refractivity contribution in [3.05, 3.63) is 18.0 Å². The van der Waals surface area contributed by atoms with Gasteiger partial charge in [-0.25, -0.2) is 0 Å². The molecule has 0 radical (unpaired) electrons. The van der Waals surface area contributed by atoms with Gasteiger partial charge in [-0.1, -0.05) is 6.92 Å². The minimum atomic E-state index is 0.688. The fraction of sp³-hybridized carbons (Fsp3) is 0.750. The Hall–Kier alpha value is -0.870. The van der Waals surface area contributed by atoms with Crippen molar-refractivity contribution < 1.29 is 0 Å². The van der Waals surface area contributed by atoms with Gasteiger partial charge in [0.2, 0.25) is 0 Å². The Kier molecular flexibility index (Phi) is 3.96. The molecule has 90 valence electrons. The van der Waals surface area contributed by atoms with E-state index < -0.39 is 0 Å². The van der Waals surface area contributed by atoms with E-state index in [0.717, 1.165) is 13.1 Å². The first-order valence-electron chi connectivity index (χ1n) is 6.22. The van der Waals surface area contributed by atoms with E-state index in [0.29, 0.717) is 6.04 Å². The van der Waals surface area contributed by atoms with Crippen LogP contribution in [0.4, 0.5) is 0 Å². The zero-order valence-electron chi connectivity index (χ0n) is 10.3. The summed E-state index contributed by atoms with van der Waals surface area (Å²) in [5, 5.41) is 7.79. The molecular weight excluding hydrogens is 200 g/mol. The lowest BCUT2D eigenvalue weighted by atomic mass is 10.2. The van der Waals surface area contributed by atoms with E-state index in [1.807, 2.05) is 17.9 Å². The van der Waals surface area contributed by atoms with E-state index in [1.54, 1.807) is 0 Å². The first kappa shape index (κ1) is 11.6. The number of hydrogen-bond acceptors (Lipinski definition) is 3. The van der Waals surface area contributed by atoms with E-state index in [4.69, 9.17) is 0 Å². The molecule has 1 aliphatic heterocycles. The largest absolute Gasteiger partial charge is 0.313 e. The Labute approximate surface area is 97.6 Å². The summed E-state index contributed by atoms with van der Waals surface area (Å²) in [6.07, 6.45) is 4.37. The summed E-state index contributed by atoms with van der Waals surface area (Å²) in [4.78, 5) is 2.50. The van der Waals surface area contributed by atoms with Crippen molar-refractivity contribution in [3.8, 4) is 0 Å². The van der Waals surface area contributed by atoms with Crippen LogP contribution in [0.2, 0.25) is 0 Å². The average Bonchev–Trinajstić information content (AvgIpc) is 2.87. The lowest BCUT2D eigenvalue weighted by Crippen LogP contribution is -2.33. The highest BCUT2D eigenvalue weighted by molar-refractivity contribution is 5.00. The van der Waals surface area contributed by atoms with E-state index in [2.05, 4.69) is 28.3 Å². The van der Waals surface area contributed by atoms with Gasteiger partial charge in [-0.05, 0) is 25.5 Å². The maximum atomic E-state index is 4.20. The van der Waals surface area contributed by atoms with E-state index in [-0.39, 0.29) is 0 Å². The molecule has 4 heteroatoms. The Bertz CT molecular complexity index is 321. The molecule has 1 saturated heterocycles. The molecule has 2 heterocycles. The average molecular weight is 222 g/mol. The second-order valence-corrected chi connectivity index (χ2v) is 4.62. The Balaban J connectivity index is 1.79. The van der Waals surface area contributed by atoms with Gasteiger partial charge in [0.05, 0.1) is 5.69 Å². The van der Waals surface area contributed by atoms with Crippen LogP contribution in [0, 0.1) is 0 Å². The molecular formula is C12H22N4. The Morgan fingerprint density at radius 2 is 2.44 bits per heavy atom. The number of nitrogens with zero attached hydrogens (tertiary/aromatic N) is 3. The van der Waals surface area contributed by atoms with Gasteiger partial charge in [0.25, 0.3) is 0 Å². The number of aromatic nitrogens is 2. The summed E-state index contributed by atoms with van der Waals surface area (Å²) in [5.74, 6) is 0. The topological polar surface area (TPSA) is 33.1 Å². The Morgan fingerprint density at radius 3 is 3.12 bits per heavy atom. The molecule has 0 aromatic carbocycles. The number of nitrogens with one attached hydrogen (secondary N) is 1. The highest BCUT2D eigenvalue weighted by Crippen LogP contribution is 2.12. The van der Waals surface area contributed by atoms with Gasteiger partial charge < -0.3 is 5.32 Å². The third-order valence-corrected chi connectivity index (χ3v) is 3.26. The maximum absolute atomic E-state index is 4.20. The molecule has 1 aromatic heterocycles. The van der Waals surface area contributed by atoms with Crippen molar-refractivity contribution in [2.75, 3.05) is 19.6 Å². The molecule has 1 fully saturated rings. The molecule has 0 saturated carbocycles. The summed E-state index contributed by atoms with van der Waals surface area (Å²) < 4.78 is 1.97. The highest BCUT2D eigenvalue weighted by atomic mass is 15.3. The molecule has 0 bridgehead atoms. The predicted octanol–water partition coefficient (Wildman–Crippen LogP) is 0.994. The SMILES string of the molecule is CCCNC1CCN(Cc2ccnn2C)C1. The molecule has 2 rings (SSSR count). The molecule has 1 aliphatic rings. The summed E-state index contributed by atoms with van der Waals surface area (Å²) in [7, 11) is 2.01. The zero-order chi connectivity index (χ0) is 11.4. The third kappa shape index (κ3) is 2.83. The van der Waals surface area contributed by atoms with Gasteiger partial charge in [0.1, 0.15) is 0 Å². The van der Waals surface area contributed by atoms with Crippen molar-refractivity contribution in [2.24, 2.45) is 7.05 Å². The summed E-state index contributed by atoms with van der Waals surface area (Å²) in [6.45, 7) is 6.76. The second kappa shape index (κ2) is 5.46. The smallest absolute Gasteiger partial charge is 0.0521 e. The van der Waals surface area contributed by atoms with Gasteiger partial charge in [-0.3, -0.25) is 9.58 Å². The van der Waals surface area contributed by atoms with Gasteiger partial charge >= 0.3 is 0 Å². The molecule has 1 N–H and O–H groups in total. The normalized spacial score (nSPS) is 21.8. The summed E-state index contributed by atoms with van der Waals surface area (Å²) >= 11 is 0. The third-order valence-electron chi connectivity index (χ3n) is 3.26. The van der Waals surface area contributed by atoms with Crippen molar-refractivity contribution in [2.45, 2.75) is 32.4 Å². The van der Waals surface area contributed by atoms with Crippen LogP contribution in [0.25, 0.3) is 0 Å². The van der Waals surface area contributed by atoms with Crippen LogP contribution in [0.3, 0.4) is 0 Å². The predicted molar refractivity (Wildman–Crippen MR) is 65.2 cm³/mol. The number of rotatable bonds is 5. The van der Waals surface area contributed by atoms with Crippen LogP contribution in [0.1, 0.15) is 25.5 Å². The van der Waals surface area contributed by atoms with Crippen molar-refractivity contribution in [1.82, 2.24) is 20.0 Å². The van der Waals surface area contributed by atoms with Crippen LogP contribution in [0.5, 0.6) is 0 Å². The van der Waals surface area contributed by atoms with Crippen molar-refractivity contribution in [3.63, 3.8) is 0 Å². The van der Waals surface area contributed by atoms with Gasteiger partial charge in [-0.15, -0.1) is 0 Å². The zero-order valence-corrected chi connectivity index (χ0v) is 10.3. The minimum Gasteiger partial charge on any atom is -0.313 e. The number of likely N-dealkylation sites (tertiary alicyclic amines) is 1. The van der Waals surface area contributed by atoms with Crippen LogP contribution in [0.15, 0.2) is 12.3 Å². The standard InChI is InChI=1S/C12H22N4/c1-3-6-13-11-5-8-16(9-11)10-12-4-7-14-15(12)2/h4,7,11,13H,3,5-6,8-10H2,1-2H3. The van der Waals surface area contributed by atoms with Crippen LogP contribution in [-0.2, 0) is 13.6 Å². The molecule has 0 amide bonds. The monoisotopic (exact) mass is 222 g/mol. The summed E-state index contributed by atoms with van der Waals surface area (Å²) in [6, 6.07) is 2.79. The molecule has 4 nitrogen and oxygen atoms in total. The van der Waals surface area contributed by atoms with Crippen LogP contribution < -0.4 is 5.32 Å². The minimum absolute atomic E-state index is 0.688. The maximum Gasteiger partial charge on any atom is 0.0521 e. The molecule has 1 aromatic rings. The van der Waals surface area contributed by atoms with Crippen LogP contribution >= 0.6 is 0 Å². The van der Waals surface area contributed by atoms with Gasteiger partial charge in [0.15, 0.2) is 0 Å². The van der Waals surface area contributed by atoms with Crippen molar-refractivity contribution in [1.29, 1.82) is 0 Å². The lowest BCUT2D eigenvalue weighted by Gasteiger charge is -2.16. The quantitative estimate of drug-likeness (QED) is 0.806. The first-order chi connectivity index (χ1) is 7.79. The molecule has 0 aliphatic carbocycles. The molecule has 0 spiro atoms. The fourth-order valence-electron chi connectivity index (χ4n) is 2.28. The fourth-order valence-corrected chi connectivity index (χ4v) is 2.28. The molecule has 1 unspecified atom stereocenters. The second-order valence-electron chi connectivity index (χ2n) is 4.62.